The lowest BCUT2D eigenvalue weighted by Gasteiger charge is -2.20. The third kappa shape index (κ3) is 5.10. The summed E-state index contributed by atoms with van der Waals surface area (Å²) in [5.74, 6) is 0.659. The Morgan fingerprint density at radius 3 is 2.57 bits per heavy atom. The van der Waals surface area contributed by atoms with Gasteiger partial charge in [-0.2, -0.15) is 0 Å². The lowest BCUT2D eigenvalue weighted by molar-refractivity contribution is -0.104. The first-order chi connectivity index (χ1) is 9.88. The summed E-state index contributed by atoms with van der Waals surface area (Å²) in [5, 5.41) is 0.806. The lowest BCUT2D eigenvalue weighted by atomic mass is 10.2. The van der Waals surface area contributed by atoms with Crippen molar-refractivity contribution >= 4 is 29.5 Å². The number of halogens is 2. The molecule has 0 aromatic heterocycles. The summed E-state index contributed by atoms with van der Waals surface area (Å²) in [7, 11) is 3.55. The molecule has 0 radical (unpaired) electrons. The van der Waals surface area contributed by atoms with E-state index in [0.717, 1.165) is 16.8 Å². The molecule has 0 amide bonds. The fourth-order valence-corrected chi connectivity index (χ4v) is 2.13. The number of carbonyl (C=O) groups excluding carboxylic acids is 1. The second-order valence-corrected chi connectivity index (χ2v) is 5.57. The molecular formula is C16H19Cl2NO2. The maximum absolute atomic E-state index is 10.6. The first-order valence-corrected chi connectivity index (χ1v) is 7.18. The maximum Gasteiger partial charge on any atom is 0.161 e. The van der Waals surface area contributed by atoms with Gasteiger partial charge in [0, 0.05) is 19.3 Å². The minimum atomic E-state index is 0.218. The van der Waals surface area contributed by atoms with Crippen LogP contribution in [0.4, 0.5) is 0 Å². The van der Waals surface area contributed by atoms with E-state index >= 15 is 0 Å². The van der Waals surface area contributed by atoms with Crippen LogP contribution in [0.25, 0.3) is 0 Å². The fourth-order valence-electron chi connectivity index (χ4n) is 1.79. The third-order valence-electron chi connectivity index (χ3n) is 3.14. The van der Waals surface area contributed by atoms with Crippen LogP contribution in [-0.2, 0) is 11.3 Å². The minimum absolute atomic E-state index is 0.218. The van der Waals surface area contributed by atoms with Crippen molar-refractivity contribution in [3.05, 3.63) is 51.2 Å². The largest absolute Gasteiger partial charge is 0.495 e. The Morgan fingerprint density at radius 1 is 1.38 bits per heavy atom. The van der Waals surface area contributed by atoms with Crippen molar-refractivity contribution in [3.63, 3.8) is 0 Å². The molecule has 0 N–H and O–H groups in total. The molecule has 21 heavy (non-hydrogen) atoms. The zero-order chi connectivity index (χ0) is 16.0. The van der Waals surface area contributed by atoms with E-state index in [9.17, 15) is 4.79 Å². The monoisotopic (exact) mass is 327 g/mol. The number of nitrogens with zero attached hydrogens (tertiary/aromatic N) is 1. The molecule has 0 saturated heterocycles. The number of rotatable bonds is 6. The molecule has 5 heteroatoms. The zero-order valence-corrected chi connectivity index (χ0v) is 14.1. The quantitative estimate of drug-likeness (QED) is 0.440. The van der Waals surface area contributed by atoms with Gasteiger partial charge >= 0.3 is 0 Å². The third-order valence-corrected chi connectivity index (χ3v) is 3.83. The summed E-state index contributed by atoms with van der Waals surface area (Å²) in [6.07, 6.45) is 2.52. The fraction of sp³-hybridized carbons (Fsp3) is 0.312. The molecule has 0 fully saturated rings. The summed E-state index contributed by atoms with van der Waals surface area (Å²) in [5.41, 5.74) is 2.81. The number of hydrogen-bond acceptors (Lipinski definition) is 3. The Kier molecular flexibility index (Phi) is 6.79. The number of allylic oxidation sites excluding steroid dienone is 4. The summed E-state index contributed by atoms with van der Waals surface area (Å²) >= 11 is 11.9. The lowest BCUT2D eigenvalue weighted by Crippen LogP contribution is -2.15. The number of hydrogen-bond donors (Lipinski definition) is 0. The Morgan fingerprint density at radius 2 is 2.05 bits per heavy atom. The summed E-state index contributed by atoms with van der Waals surface area (Å²) in [6, 6.07) is 5.69. The van der Waals surface area contributed by atoms with E-state index in [1.165, 1.54) is 0 Å². The van der Waals surface area contributed by atoms with Crippen molar-refractivity contribution < 1.29 is 9.53 Å². The van der Waals surface area contributed by atoms with Gasteiger partial charge in [-0.15, -0.1) is 0 Å². The summed E-state index contributed by atoms with van der Waals surface area (Å²) in [6.45, 7) is 4.46. The van der Waals surface area contributed by atoms with Gasteiger partial charge in [0.1, 0.15) is 5.75 Å². The number of methoxy groups -OCH3 is 1. The van der Waals surface area contributed by atoms with Gasteiger partial charge in [-0.3, -0.25) is 4.79 Å². The predicted octanol–water partition coefficient (Wildman–Crippen LogP) is 4.40. The van der Waals surface area contributed by atoms with Crippen LogP contribution >= 0.6 is 23.2 Å². The van der Waals surface area contributed by atoms with E-state index in [-0.39, 0.29) is 5.03 Å². The summed E-state index contributed by atoms with van der Waals surface area (Å²) < 4.78 is 5.13. The topological polar surface area (TPSA) is 29.5 Å². The van der Waals surface area contributed by atoms with Crippen molar-refractivity contribution in [2.24, 2.45) is 0 Å². The van der Waals surface area contributed by atoms with E-state index in [4.69, 9.17) is 27.9 Å². The van der Waals surface area contributed by atoms with E-state index in [1.807, 2.05) is 38.2 Å². The van der Waals surface area contributed by atoms with Gasteiger partial charge in [0.05, 0.1) is 17.2 Å². The van der Waals surface area contributed by atoms with Gasteiger partial charge in [-0.1, -0.05) is 29.3 Å². The Labute approximate surface area is 135 Å². The van der Waals surface area contributed by atoms with Crippen LogP contribution in [0.1, 0.15) is 19.4 Å². The van der Waals surface area contributed by atoms with Crippen LogP contribution in [0.15, 0.2) is 40.6 Å². The molecule has 0 aliphatic carbocycles. The zero-order valence-electron chi connectivity index (χ0n) is 12.6. The second-order valence-electron chi connectivity index (χ2n) is 4.76. The average Bonchev–Trinajstić information content (AvgIpc) is 2.46. The number of carbonyl (C=O) groups is 1. The number of benzene rings is 1. The van der Waals surface area contributed by atoms with Gasteiger partial charge in [-0.25, -0.2) is 0 Å². The molecule has 0 heterocycles. The van der Waals surface area contributed by atoms with Crippen molar-refractivity contribution in [1.29, 1.82) is 0 Å². The van der Waals surface area contributed by atoms with Crippen molar-refractivity contribution in [2.45, 2.75) is 20.4 Å². The molecule has 3 nitrogen and oxygen atoms in total. The van der Waals surface area contributed by atoms with Crippen LogP contribution in [0.5, 0.6) is 5.75 Å². The molecule has 0 saturated carbocycles. The van der Waals surface area contributed by atoms with Gasteiger partial charge in [0.2, 0.25) is 0 Å². The van der Waals surface area contributed by atoms with Crippen LogP contribution in [0.3, 0.4) is 0 Å². The van der Waals surface area contributed by atoms with Gasteiger partial charge in [0.15, 0.2) is 6.29 Å². The highest BCUT2D eigenvalue weighted by Gasteiger charge is 2.06. The first kappa shape index (κ1) is 17.6. The van der Waals surface area contributed by atoms with Crippen molar-refractivity contribution in [3.8, 4) is 5.75 Å². The molecule has 0 aliphatic rings. The standard InChI is InChI=1S/C16H19Cl2NO2/c1-11(15(18)10-20)7-12(2)19(3)9-13-5-6-16(21-4)14(17)8-13/h5-8,10H,9H2,1-4H3/b12-7-,15-11+. The second kappa shape index (κ2) is 8.11. The van der Waals surface area contributed by atoms with Gasteiger partial charge in [0.25, 0.3) is 0 Å². The van der Waals surface area contributed by atoms with E-state index in [0.29, 0.717) is 23.6 Å². The number of aldehydes is 1. The van der Waals surface area contributed by atoms with E-state index in [2.05, 4.69) is 4.90 Å². The molecule has 1 aromatic rings. The SMILES string of the molecule is COc1ccc(CN(C)/C(C)=C\C(C)=C(\Cl)C=O)cc1Cl. The Bertz CT molecular complexity index is 580. The van der Waals surface area contributed by atoms with E-state index < -0.39 is 0 Å². The van der Waals surface area contributed by atoms with E-state index in [1.54, 1.807) is 14.0 Å². The Hall–Kier alpha value is -1.45. The van der Waals surface area contributed by atoms with Crippen LogP contribution in [0.2, 0.25) is 5.02 Å². The summed E-state index contributed by atoms with van der Waals surface area (Å²) in [4.78, 5) is 12.7. The molecule has 0 spiro atoms. The van der Waals surface area contributed by atoms with Gasteiger partial charge < -0.3 is 9.64 Å². The molecule has 0 atom stereocenters. The molecule has 0 bridgehead atoms. The smallest absolute Gasteiger partial charge is 0.161 e. The molecular weight excluding hydrogens is 309 g/mol. The predicted molar refractivity (Wildman–Crippen MR) is 87.8 cm³/mol. The average molecular weight is 328 g/mol. The van der Waals surface area contributed by atoms with Crippen LogP contribution in [-0.4, -0.2) is 25.3 Å². The molecule has 1 aromatic carbocycles. The number of ether oxygens (including phenoxy) is 1. The molecule has 0 unspecified atom stereocenters. The molecule has 114 valence electrons. The van der Waals surface area contributed by atoms with Crippen LogP contribution in [0, 0.1) is 0 Å². The van der Waals surface area contributed by atoms with Gasteiger partial charge in [-0.05, 0) is 43.2 Å². The minimum Gasteiger partial charge on any atom is -0.495 e. The maximum atomic E-state index is 10.6. The van der Waals surface area contributed by atoms with Crippen LogP contribution < -0.4 is 4.74 Å². The van der Waals surface area contributed by atoms with Crippen molar-refractivity contribution in [2.75, 3.05) is 14.2 Å². The first-order valence-electron chi connectivity index (χ1n) is 6.42. The molecule has 0 aliphatic heterocycles. The highest BCUT2D eigenvalue weighted by atomic mass is 35.5. The Balaban J connectivity index is 2.86. The normalized spacial score (nSPS) is 12.8. The molecule has 1 rings (SSSR count). The van der Waals surface area contributed by atoms with Crippen molar-refractivity contribution in [1.82, 2.24) is 4.90 Å². The highest BCUT2D eigenvalue weighted by molar-refractivity contribution is 6.39. The highest BCUT2D eigenvalue weighted by Crippen LogP contribution is 2.25.